The van der Waals surface area contributed by atoms with E-state index in [0.29, 0.717) is 16.8 Å². The Morgan fingerprint density at radius 2 is 1.91 bits per heavy atom. The highest BCUT2D eigenvalue weighted by atomic mass is 35.5. The van der Waals surface area contributed by atoms with Crippen LogP contribution in [0.1, 0.15) is 17.0 Å². The van der Waals surface area contributed by atoms with Crippen molar-refractivity contribution in [3.8, 4) is 17.2 Å². The van der Waals surface area contributed by atoms with Gasteiger partial charge in [-0.05, 0) is 37.6 Å². The lowest BCUT2D eigenvalue weighted by Crippen LogP contribution is -1.97. The molecule has 4 nitrogen and oxygen atoms in total. The molecule has 5 heteroatoms. The second-order valence-corrected chi connectivity index (χ2v) is 5.45. The Bertz CT molecular complexity index is 799. The molecule has 0 aliphatic heterocycles. The van der Waals surface area contributed by atoms with E-state index in [1.54, 1.807) is 6.07 Å². The maximum absolute atomic E-state index is 6.12. The zero-order valence-corrected chi connectivity index (χ0v) is 13.1. The predicted octanol–water partition coefficient (Wildman–Crippen LogP) is 4.59. The minimum absolute atomic E-state index is 0.224. The smallest absolute Gasteiger partial charge is 0.254 e. The summed E-state index contributed by atoms with van der Waals surface area (Å²) >= 11 is 6.12. The third-order valence-electron chi connectivity index (χ3n) is 3.25. The monoisotopic (exact) mass is 314 g/mol. The van der Waals surface area contributed by atoms with Crippen molar-refractivity contribution in [1.29, 1.82) is 0 Å². The fourth-order valence-electron chi connectivity index (χ4n) is 2.16. The second-order valence-electron chi connectivity index (χ2n) is 5.04. The summed E-state index contributed by atoms with van der Waals surface area (Å²) < 4.78 is 11.3. The van der Waals surface area contributed by atoms with Crippen LogP contribution in [-0.4, -0.2) is 10.2 Å². The number of halogens is 1. The van der Waals surface area contributed by atoms with Crippen LogP contribution < -0.4 is 4.74 Å². The SMILES string of the molecule is Cc1ccc(OCc2nnc(-c3ccccc3Cl)o2)c(C)c1. The number of benzene rings is 2. The summed E-state index contributed by atoms with van der Waals surface area (Å²) in [5.41, 5.74) is 2.99. The molecule has 3 rings (SSSR count). The Morgan fingerprint density at radius 3 is 2.68 bits per heavy atom. The van der Waals surface area contributed by atoms with Crippen LogP contribution in [0.15, 0.2) is 46.9 Å². The molecule has 0 aliphatic carbocycles. The molecule has 0 N–H and O–H groups in total. The van der Waals surface area contributed by atoms with Gasteiger partial charge in [0, 0.05) is 0 Å². The molecule has 0 unspecified atom stereocenters. The van der Waals surface area contributed by atoms with E-state index in [2.05, 4.69) is 16.3 Å². The van der Waals surface area contributed by atoms with Crippen molar-refractivity contribution >= 4 is 11.6 Å². The zero-order chi connectivity index (χ0) is 15.5. The van der Waals surface area contributed by atoms with E-state index in [-0.39, 0.29) is 6.61 Å². The normalized spacial score (nSPS) is 10.7. The highest BCUT2D eigenvalue weighted by Gasteiger charge is 2.12. The average molecular weight is 315 g/mol. The molecule has 112 valence electrons. The quantitative estimate of drug-likeness (QED) is 0.707. The Morgan fingerprint density at radius 1 is 1.09 bits per heavy atom. The highest BCUT2D eigenvalue weighted by molar-refractivity contribution is 6.33. The molecule has 1 aromatic heterocycles. The van der Waals surface area contributed by atoms with Crippen molar-refractivity contribution in [2.75, 3.05) is 0 Å². The molecule has 0 radical (unpaired) electrons. The summed E-state index contributed by atoms with van der Waals surface area (Å²) in [6, 6.07) is 13.4. The molecule has 0 bridgehead atoms. The van der Waals surface area contributed by atoms with Gasteiger partial charge in [-0.1, -0.05) is 41.4 Å². The first-order valence-electron chi connectivity index (χ1n) is 6.91. The summed E-state index contributed by atoms with van der Waals surface area (Å²) in [5.74, 6) is 1.61. The maximum Gasteiger partial charge on any atom is 0.254 e. The average Bonchev–Trinajstić information content (AvgIpc) is 2.95. The Hall–Kier alpha value is -2.33. The molecule has 0 amide bonds. The fourth-order valence-corrected chi connectivity index (χ4v) is 2.37. The van der Waals surface area contributed by atoms with Gasteiger partial charge in [0.2, 0.25) is 5.89 Å². The van der Waals surface area contributed by atoms with Gasteiger partial charge in [0.15, 0.2) is 6.61 Å². The van der Waals surface area contributed by atoms with Gasteiger partial charge >= 0.3 is 0 Å². The first kappa shape index (κ1) is 14.6. The van der Waals surface area contributed by atoms with Crippen LogP contribution in [-0.2, 0) is 6.61 Å². The molecule has 1 heterocycles. The number of rotatable bonds is 4. The van der Waals surface area contributed by atoms with Gasteiger partial charge in [0.1, 0.15) is 5.75 Å². The van der Waals surface area contributed by atoms with Crippen molar-refractivity contribution in [2.24, 2.45) is 0 Å². The Balaban J connectivity index is 1.74. The lowest BCUT2D eigenvalue weighted by molar-refractivity contribution is 0.263. The summed E-state index contributed by atoms with van der Waals surface area (Å²) in [6.07, 6.45) is 0. The molecule has 2 aromatic carbocycles. The lowest BCUT2D eigenvalue weighted by Gasteiger charge is -2.07. The highest BCUT2D eigenvalue weighted by Crippen LogP contribution is 2.26. The van der Waals surface area contributed by atoms with E-state index >= 15 is 0 Å². The van der Waals surface area contributed by atoms with Crippen LogP contribution >= 0.6 is 11.6 Å². The molecule has 0 aliphatic rings. The minimum Gasteiger partial charge on any atom is -0.484 e. The number of hydrogen-bond donors (Lipinski definition) is 0. The Labute approximate surface area is 133 Å². The van der Waals surface area contributed by atoms with E-state index in [1.165, 1.54) is 5.56 Å². The van der Waals surface area contributed by atoms with Crippen molar-refractivity contribution in [3.05, 3.63) is 64.5 Å². The topological polar surface area (TPSA) is 48.2 Å². The zero-order valence-electron chi connectivity index (χ0n) is 12.3. The summed E-state index contributed by atoms with van der Waals surface area (Å²) in [7, 11) is 0. The van der Waals surface area contributed by atoms with Crippen molar-refractivity contribution < 1.29 is 9.15 Å². The minimum atomic E-state index is 0.224. The largest absolute Gasteiger partial charge is 0.484 e. The van der Waals surface area contributed by atoms with E-state index in [4.69, 9.17) is 20.8 Å². The van der Waals surface area contributed by atoms with Gasteiger partial charge in [0.25, 0.3) is 5.89 Å². The third kappa shape index (κ3) is 3.12. The van der Waals surface area contributed by atoms with Gasteiger partial charge in [0.05, 0.1) is 10.6 Å². The van der Waals surface area contributed by atoms with Gasteiger partial charge in [-0.3, -0.25) is 0 Å². The van der Waals surface area contributed by atoms with E-state index in [1.807, 2.05) is 44.2 Å². The van der Waals surface area contributed by atoms with Gasteiger partial charge in [-0.25, -0.2) is 0 Å². The molecule has 0 spiro atoms. The van der Waals surface area contributed by atoms with Gasteiger partial charge < -0.3 is 9.15 Å². The number of nitrogens with zero attached hydrogens (tertiary/aromatic N) is 2. The molecule has 0 fully saturated rings. The molecule has 0 atom stereocenters. The first-order chi connectivity index (χ1) is 10.6. The van der Waals surface area contributed by atoms with E-state index < -0.39 is 0 Å². The van der Waals surface area contributed by atoms with E-state index in [9.17, 15) is 0 Å². The van der Waals surface area contributed by atoms with Crippen molar-refractivity contribution in [2.45, 2.75) is 20.5 Å². The number of ether oxygens (including phenoxy) is 1. The van der Waals surface area contributed by atoms with Gasteiger partial charge in [-0.2, -0.15) is 0 Å². The molecule has 22 heavy (non-hydrogen) atoms. The standard InChI is InChI=1S/C17H15ClN2O2/c1-11-7-8-15(12(2)9-11)21-10-16-19-20-17(22-16)13-5-3-4-6-14(13)18/h3-9H,10H2,1-2H3. The lowest BCUT2D eigenvalue weighted by atomic mass is 10.1. The fraction of sp³-hybridized carbons (Fsp3) is 0.176. The molecule has 3 aromatic rings. The molecular formula is C17H15ClN2O2. The number of aromatic nitrogens is 2. The summed E-state index contributed by atoms with van der Waals surface area (Å²) in [5, 5.41) is 8.59. The summed E-state index contributed by atoms with van der Waals surface area (Å²) in [6.45, 7) is 4.28. The van der Waals surface area contributed by atoms with E-state index in [0.717, 1.165) is 16.9 Å². The third-order valence-corrected chi connectivity index (χ3v) is 3.58. The van der Waals surface area contributed by atoms with Crippen LogP contribution in [0.4, 0.5) is 0 Å². The number of hydrogen-bond acceptors (Lipinski definition) is 4. The molecule has 0 saturated heterocycles. The van der Waals surface area contributed by atoms with Crippen LogP contribution in [0.2, 0.25) is 5.02 Å². The summed E-state index contributed by atoms with van der Waals surface area (Å²) in [4.78, 5) is 0. The Kier molecular flexibility index (Phi) is 4.11. The first-order valence-corrected chi connectivity index (χ1v) is 7.28. The maximum atomic E-state index is 6.12. The number of aryl methyl sites for hydroxylation is 2. The molecular weight excluding hydrogens is 300 g/mol. The van der Waals surface area contributed by atoms with Crippen LogP contribution in [0.3, 0.4) is 0 Å². The molecule has 0 saturated carbocycles. The van der Waals surface area contributed by atoms with Crippen molar-refractivity contribution in [1.82, 2.24) is 10.2 Å². The van der Waals surface area contributed by atoms with Crippen LogP contribution in [0.25, 0.3) is 11.5 Å². The van der Waals surface area contributed by atoms with Crippen LogP contribution in [0, 0.1) is 13.8 Å². The second kappa shape index (κ2) is 6.20. The van der Waals surface area contributed by atoms with Gasteiger partial charge in [-0.15, -0.1) is 10.2 Å². The van der Waals surface area contributed by atoms with Crippen molar-refractivity contribution in [3.63, 3.8) is 0 Å². The van der Waals surface area contributed by atoms with Crippen LogP contribution in [0.5, 0.6) is 5.75 Å². The predicted molar refractivity (Wildman–Crippen MR) is 85.0 cm³/mol.